The van der Waals surface area contributed by atoms with Gasteiger partial charge in [-0.25, -0.2) is 4.79 Å². The number of nitrogens with one attached hydrogen (secondary N) is 1. The minimum atomic E-state index is -0.439. The Morgan fingerprint density at radius 3 is 2.71 bits per heavy atom. The Labute approximate surface area is 138 Å². The lowest BCUT2D eigenvalue weighted by Crippen LogP contribution is -2.32. The maximum Gasteiger partial charge on any atom is 0.324 e. The number of amides is 4. The number of hydrogen-bond acceptors (Lipinski definition) is 4. The van der Waals surface area contributed by atoms with Gasteiger partial charge in [-0.15, -0.1) is 0 Å². The molecule has 2 aromatic rings. The Morgan fingerprint density at radius 1 is 1.25 bits per heavy atom. The number of urea groups is 1. The van der Waals surface area contributed by atoms with Crippen molar-refractivity contribution in [3.8, 4) is 0 Å². The second-order valence-electron chi connectivity index (χ2n) is 5.54. The number of carbonyl (C=O) groups is 3. The average molecular weight is 327 g/mol. The standard InChI is InChI=1S/C17H17N3O4/c1-19(11-13-6-4-8-24-13)16(22)14-7-3-2-5-12(14)10-20-15(21)9-18-17(20)23/h2-8H,9-11H2,1H3,(H,18,23). The predicted molar refractivity (Wildman–Crippen MR) is 84.9 cm³/mol. The van der Waals surface area contributed by atoms with Gasteiger partial charge in [-0.05, 0) is 23.8 Å². The molecular formula is C17H17N3O4. The van der Waals surface area contributed by atoms with Crippen LogP contribution in [0.4, 0.5) is 4.79 Å². The summed E-state index contributed by atoms with van der Waals surface area (Å²) in [6.45, 7) is 0.401. The zero-order chi connectivity index (χ0) is 17.1. The van der Waals surface area contributed by atoms with Gasteiger partial charge in [0, 0.05) is 12.6 Å². The third-order valence-corrected chi connectivity index (χ3v) is 3.83. The third kappa shape index (κ3) is 3.15. The Bertz CT molecular complexity index is 754. The fourth-order valence-corrected chi connectivity index (χ4v) is 2.57. The summed E-state index contributed by atoms with van der Waals surface area (Å²) in [6.07, 6.45) is 1.55. The summed E-state index contributed by atoms with van der Waals surface area (Å²) in [5, 5.41) is 2.47. The highest BCUT2D eigenvalue weighted by atomic mass is 16.3. The van der Waals surface area contributed by atoms with E-state index in [2.05, 4.69) is 5.32 Å². The lowest BCUT2D eigenvalue weighted by Gasteiger charge is -2.19. The van der Waals surface area contributed by atoms with Crippen molar-refractivity contribution in [1.29, 1.82) is 0 Å². The van der Waals surface area contributed by atoms with Crippen LogP contribution < -0.4 is 5.32 Å². The van der Waals surface area contributed by atoms with E-state index < -0.39 is 6.03 Å². The van der Waals surface area contributed by atoms with Crippen LogP contribution in [0.15, 0.2) is 47.1 Å². The van der Waals surface area contributed by atoms with Crippen molar-refractivity contribution in [2.45, 2.75) is 13.1 Å². The van der Waals surface area contributed by atoms with E-state index in [4.69, 9.17) is 4.42 Å². The van der Waals surface area contributed by atoms with E-state index in [1.165, 1.54) is 4.90 Å². The highest BCUT2D eigenvalue weighted by molar-refractivity contribution is 6.02. The molecule has 7 heteroatoms. The molecule has 1 aromatic carbocycles. The van der Waals surface area contributed by atoms with Crippen LogP contribution in [0.2, 0.25) is 0 Å². The van der Waals surface area contributed by atoms with E-state index in [1.807, 2.05) is 0 Å². The number of rotatable bonds is 5. The summed E-state index contributed by atoms with van der Waals surface area (Å²) in [5.41, 5.74) is 1.08. The molecule has 3 rings (SSSR count). The Balaban J connectivity index is 1.79. The van der Waals surface area contributed by atoms with Gasteiger partial charge in [-0.1, -0.05) is 18.2 Å². The van der Waals surface area contributed by atoms with Crippen molar-refractivity contribution in [2.75, 3.05) is 13.6 Å². The van der Waals surface area contributed by atoms with Crippen LogP contribution in [0.1, 0.15) is 21.7 Å². The third-order valence-electron chi connectivity index (χ3n) is 3.83. The van der Waals surface area contributed by atoms with Crippen molar-refractivity contribution in [1.82, 2.24) is 15.1 Å². The number of furan rings is 1. The van der Waals surface area contributed by atoms with Gasteiger partial charge < -0.3 is 14.6 Å². The van der Waals surface area contributed by atoms with Crippen LogP contribution in [0.25, 0.3) is 0 Å². The molecule has 0 saturated carbocycles. The first kappa shape index (κ1) is 15.8. The lowest BCUT2D eigenvalue weighted by molar-refractivity contribution is -0.125. The second-order valence-corrected chi connectivity index (χ2v) is 5.54. The first-order valence-electron chi connectivity index (χ1n) is 7.50. The zero-order valence-corrected chi connectivity index (χ0v) is 13.2. The highest BCUT2D eigenvalue weighted by Gasteiger charge is 2.29. The monoisotopic (exact) mass is 327 g/mol. The van der Waals surface area contributed by atoms with Gasteiger partial charge in [0.05, 0.1) is 25.9 Å². The molecule has 4 amide bonds. The topological polar surface area (TPSA) is 82.9 Å². The van der Waals surface area contributed by atoms with Crippen LogP contribution in [0.5, 0.6) is 0 Å². The number of imide groups is 1. The molecule has 1 aliphatic heterocycles. The minimum absolute atomic E-state index is 0.00660. The fourth-order valence-electron chi connectivity index (χ4n) is 2.57. The zero-order valence-electron chi connectivity index (χ0n) is 13.2. The number of carbonyl (C=O) groups excluding carboxylic acids is 3. The molecule has 0 spiro atoms. The SMILES string of the molecule is CN(Cc1ccco1)C(=O)c1ccccc1CN1C(=O)CNC1=O. The highest BCUT2D eigenvalue weighted by Crippen LogP contribution is 2.17. The Morgan fingerprint density at radius 2 is 2.04 bits per heavy atom. The smallest absolute Gasteiger partial charge is 0.324 e. The first-order valence-corrected chi connectivity index (χ1v) is 7.50. The van der Waals surface area contributed by atoms with Gasteiger partial charge in [0.25, 0.3) is 5.91 Å². The molecule has 0 radical (unpaired) electrons. The molecule has 0 aliphatic carbocycles. The van der Waals surface area contributed by atoms with E-state index >= 15 is 0 Å². The molecule has 1 saturated heterocycles. The molecule has 1 aliphatic rings. The molecule has 1 N–H and O–H groups in total. The van der Waals surface area contributed by atoms with Gasteiger partial charge >= 0.3 is 6.03 Å². The fraction of sp³-hybridized carbons (Fsp3) is 0.235. The van der Waals surface area contributed by atoms with E-state index in [0.717, 1.165) is 4.90 Å². The van der Waals surface area contributed by atoms with Gasteiger partial charge in [0.2, 0.25) is 5.91 Å². The van der Waals surface area contributed by atoms with Gasteiger partial charge in [0.1, 0.15) is 5.76 Å². The number of hydrogen-bond donors (Lipinski definition) is 1. The van der Waals surface area contributed by atoms with Gasteiger partial charge in [-0.3, -0.25) is 14.5 Å². The van der Waals surface area contributed by atoms with Crippen molar-refractivity contribution in [2.24, 2.45) is 0 Å². The molecular weight excluding hydrogens is 310 g/mol. The number of benzene rings is 1. The van der Waals surface area contributed by atoms with Crippen molar-refractivity contribution in [3.05, 3.63) is 59.5 Å². The molecule has 2 heterocycles. The maximum absolute atomic E-state index is 12.7. The minimum Gasteiger partial charge on any atom is -0.467 e. The summed E-state index contributed by atoms with van der Waals surface area (Å²) >= 11 is 0. The van der Waals surface area contributed by atoms with Crippen molar-refractivity contribution >= 4 is 17.8 Å². The van der Waals surface area contributed by atoms with Gasteiger partial charge in [-0.2, -0.15) is 0 Å². The Kier molecular flexibility index (Phi) is 4.33. The maximum atomic E-state index is 12.7. The van der Waals surface area contributed by atoms with Crippen LogP contribution in [-0.2, 0) is 17.9 Å². The van der Waals surface area contributed by atoms with Crippen molar-refractivity contribution < 1.29 is 18.8 Å². The molecule has 0 unspecified atom stereocenters. The van der Waals surface area contributed by atoms with Crippen LogP contribution in [-0.4, -0.2) is 41.2 Å². The summed E-state index contributed by atoms with van der Waals surface area (Å²) in [4.78, 5) is 38.8. The summed E-state index contributed by atoms with van der Waals surface area (Å²) in [5.74, 6) is 0.178. The van der Waals surface area contributed by atoms with Gasteiger partial charge in [0.15, 0.2) is 0 Å². The van der Waals surface area contributed by atoms with E-state index in [1.54, 1.807) is 49.7 Å². The largest absolute Gasteiger partial charge is 0.467 e. The molecule has 1 aromatic heterocycles. The van der Waals surface area contributed by atoms with Crippen LogP contribution in [0.3, 0.4) is 0 Å². The lowest BCUT2D eigenvalue weighted by atomic mass is 10.1. The summed E-state index contributed by atoms with van der Waals surface area (Å²) < 4.78 is 5.26. The average Bonchev–Trinajstić information content (AvgIpc) is 3.20. The van der Waals surface area contributed by atoms with E-state index in [9.17, 15) is 14.4 Å². The molecule has 7 nitrogen and oxygen atoms in total. The number of nitrogens with zero attached hydrogens (tertiary/aromatic N) is 2. The second kappa shape index (κ2) is 6.57. The summed E-state index contributed by atoms with van der Waals surface area (Å²) in [6, 6.07) is 10.1. The Hall–Kier alpha value is -3.09. The van der Waals surface area contributed by atoms with E-state index in [0.29, 0.717) is 23.4 Å². The van der Waals surface area contributed by atoms with Crippen LogP contribution in [0, 0.1) is 0 Å². The molecule has 24 heavy (non-hydrogen) atoms. The normalized spacial score (nSPS) is 14.0. The van der Waals surface area contributed by atoms with Crippen LogP contribution >= 0.6 is 0 Å². The van der Waals surface area contributed by atoms with Crippen molar-refractivity contribution in [3.63, 3.8) is 0 Å². The van der Waals surface area contributed by atoms with E-state index in [-0.39, 0.29) is 24.9 Å². The summed E-state index contributed by atoms with van der Waals surface area (Å²) in [7, 11) is 1.68. The molecule has 0 atom stereocenters. The quantitative estimate of drug-likeness (QED) is 0.846. The first-order chi connectivity index (χ1) is 11.6. The predicted octanol–water partition coefficient (Wildman–Crippen LogP) is 1.60. The molecule has 0 bridgehead atoms. The molecule has 124 valence electrons. The molecule has 1 fully saturated rings.